The molecule has 0 spiro atoms. The van der Waals surface area contributed by atoms with Crippen molar-refractivity contribution in [1.29, 1.82) is 0 Å². The molecule has 2 amide bonds. The van der Waals surface area contributed by atoms with E-state index in [1.807, 2.05) is 0 Å². The van der Waals surface area contributed by atoms with Crippen LogP contribution in [0.2, 0.25) is 0 Å². The summed E-state index contributed by atoms with van der Waals surface area (Å²) in [5.74, 6) is -2.69. The number of aliphatic carboxylic acids is 1. The summed E-state index contributed by atoms with van der Waals surface area (Å²) in [6, 6.07) is 21.1. The number of benzene rings is 3. The lowest BCUT2D eigenvalue weighted by Gasteiger charge is -2.17. The van der Waals surface area contributed by atoms with Gasteiger partial charge in [0, 0.05) is 24.1 Å². The van der Waals surface area contributed by atoms with Gasteiger partial charge in [0.1, 0.15) is 11.7 Å². The van der Waals surface area contributed by atoms with Gasteiger partial charge in [-0.15, -0.1) is 0 Å². The van der Waals surface area contributed by atoms with Crippen molar-refractivity contribution in [3.05, 3.63) is 117 Å². The van der Waals surface area contributed by atoms with E-state index in [4.69, 9.17) is 0 Å². The van der Waals surface area contributed by atoms with Crippen molar-refractivity contribution in [3.8, 4) is 0 Å². The number of non-ortho nitro benzene ring substituents is 1. The first-order chi connectivity index (χ1) is 16.3. The highest BCUT2D eigenvalue weighted by molar-refractivity contribution is 6.06. The molecule has 34 heavy (non-hydrogen) atoms. The second-order valence-electron chi connectivity index (χ2n) is 7.28. The van der Waals surface area contributed by atoms with E-state index < -0.39 is 28.7 Å². The lowest BCUT2D eigenvalue weighted by molar-refractivity contribution is -0.384. The molecule has 3 aromatic rings. The van der Waals surface area contributed by atoms with Crippen LogP contribution in [-0.4, -0.2) is 33.9 Å². The van der Waals surface area contributed by atoms with E-state index in [-0.39, 0.29) is 28.9 Å². The van der Waals surface area contributed by atoms with Gasteiger partial charge in [0.2, 0.25) is 0 Å². The Morgan fingerprint density at radius 2 is 1.59 bits per heavy atom. The Hall–Kier alpha value is -4.79. The molecule has 0 aromatic heterocycles. The van der Waals surface area contributed by atoms with Gasteiger partial charge in [-0.1, -0.05) is 60.7 Å². The lowest BCUT2D eigenvalue weighted by Crippen LogP contribution is -2.45. The standard InChI is InChI=1S/C25H21N3O6/c29-23(19-11-5-2-6-12-19)26-21(16-18-10-7-13-20(14-18)28(33)34)24(30)27-22(25(31)32)15-17-8-3-1-4-9-17/h1-14,16,22H,15H2,(H,26,29)(H,27,30)(H,31,32)/b21-16+/t22-/m0/s1. The molecule has 0 saturated heterocycles. The van der Waals surface area contributed by atoms with Crippen LogP contribution in [0, 0.1) is 10.1 Å². The molecule has 9 nitrogen and oxygen atoms in total. The predicted octanol–water partition coefficient (Wildman–Crippen LogP) is 3.18. The first kappa shape index (κ1) is 23.9. The molecule has 3 N–H and O–H groups in total. The fourth-order valence-corrected chi connectivity index (χ4v) is 3.12. The number of carbonyl (C=O) groups is 3. The maximum atomic E-state index is 13.0. The first-order valence-corrected chi connectivity index (χ1v) is 10.2. The Morgan fingerprint density at radius 3 is 2.21 bits per heavy atom. The van der Waals surface area contributed by atoms with Crippen molar-refractivity contribution in [3.63, 3.8) is 0 Å². The topological polar surface area (TPSA) is 139 Å². The molecule has 1 atom stereocenters. The van der Waals surface area contributed by atoms with E-state index in [2.05, 4.69) is 10.6 Å². The molecule has 0 saturated carbocycles. The number of carbonyl (C=O) groups excluding carboxylic acids is 2. The normalized spacial score (nSPS) is 11.8. The molecule has 0 bridgehead atoms. The van der Waals surface area contributed by atoms with Crippen LogP contribution in [0.1, 0.15) is 21.5 Å². The van der Waals surface area contributed by atoms with Crippen LogP contribution >= 0.6 is 0 Å². The number of nitro groups is 1. The SMILES string of the molecule is O=C(N[C@@H](Cc1ccccc1)C(=O)O)/C(=C\c1cccc([N+](=O)[O-])c1)NC(=O)c1ccccc1. The van der Waals surface area contributed by atoms with Crippen LogP contribution in [0.5, 0.6) is 0 Å². The molecule has 0 aliphatic rings. The summed E-state index contributed by atoms with van der Waals surface area (Å²) >= 11 is 0. The summed E-state index contributed by atoms with van der Waals surface area (Å²) in [7, 11) is 0. The van der Waals surface area contributed by atoms with E-state index in [0.29, 0.717) is 5.56 Å². The number of rotatable bonds is 9. The predicted molar refractivity (Wildman–Crippen MR) is 125 cm³/mol. The third-order valence-electron chi connectivity index (χ3n) is 4.81. The molecule has 172 valence electrons. The number of hydrogen-bond donors (Lipinski definition) is 3. The zero-order valence-corrected chi connectivity index (χ0v) is 17.9. The maximum absolute atomic E-state index is 13.0. The van der Waals surface area contributed by atoms with Crippen molar-refractivity contribution in [2.24, 2.45) is 0 Å². The summed E-state index contributed by atoms with van der Waals surface area (Å²) < 4.78 is 0. The van der Waals surface area contributed by atoms with Crippen molar-refractivity contribution in [2.45, 2.75) is 12.5 Å². The van der Waals surface area contributed by atoms with Gasteiger partial charge in [-0.05, 0) is 29.3 Å². The summed E-state index contributed by atoms with van der Waals surface area (Å²) in [5, 5.41) is 25.6. The summed E-state index contributed by atoms with van der Waals surface area (Å²) in [5.41, 5.74) is 0.804. The minimum atomic E-state index is -1.27. The van der Waals surface area contributed by atoms with Gasteiger partial charge in [-0.25, -0.2) is 4.79 Å². The molecule has 0 fully saturated rings. The third-order valence-corrected chi connectivity index (χ3v) is 4.81. The Kier molecular flexibility index (Phi) is 7.85. The van der Waals surface area contributed by atoms with Crippen LogP contribution < -0.4 is 10.6 Å². The minimum Gasteiger partial charge on any atom is -0.480 e. The number of amides is 2. The van der Waals surface area contributed by atoms with Crippen LogP contribution in [0.4, 0.5) is 5.69 Å². The summed E-state index contributed by atoms with van der Waals surface area (Å²) in [6.07, 6.45) is 1.28. The number of nitro benzene ring substituents is 1. The fourth-order valence-electron chi connectivity index (χ4n) is 3.12. The second-order valence-corrected chi connectivity index (χ2v) is 7.28. The maximum Gasteiger partial charge on any atom is 0.326 e. The smallest absolute Gasteiger partial charge is 0.326 e. The van der Waals surface area contributed by atoms with Crippen LogP contribution in [0.15, 0.2) is 90.6 Å². The number of carboxylic acids is 1. The molecule has 3 rings (SSSR count). The van der Waals surface area contributed by atoms with Gasteiger partial charge in [0.25, 0.3) is 17.5 Å². The molecule has 0 unspecified atom stereocenters. The van der Waals surface area contributed by atoms with Gasteiger partial charge in [0.05, 0.1) is 4.92 Å². The lowest BCUT2D eigenvalue weighted by atomic mass is 10.1. The minimum absolute atomic E-state index is 0.0264. The molecule has 0 radical (unpaired) electrons. The number of carboxylic acid groups (broad SMARTS) is 1. The molecule has 3 aromatic carbocycles. The van der Waals surface area contributed by atoms with E-state index in [9.17, 15) is 29.6 Å². The van der Waals surface area contributed by atoms with Crippen LogP contribution in [0.25, 0.3) is 6.08 Å². The van der Waals surface area contributed by atoms with Crippen molar-refractivity contribution < 1.29 is 24.4 Å². The van der Waals surface area contributed by atoms with Gasteiger partial charge < -0.3 is 15.7 Å². The quantitative estimate of drug-likeness (QED) is 0.255. The van der Waals surface area contributed by atoms with Crippen molar-refractivity contribution in [2.75, 3.05) is 0 Å². The van der Waals surface area contributed by atoms with Crippen LogP contribution in [0.3, 0.4) is 0 Å². The average Bonchev–Trinajstić information content (AvgIpc) is 2.84. The Morgan fingerprint density at radius 1 is 0.941 bits per heavy atom. The zero-order valence-electron chi connectivity index (χ0n) is 17.9. The third kappa shape index (κ3) is 6.60. The molecule has 0 aliphatic carbocycles. The summed E-state index contributed by atoms with van der Waals surface area (Å²) in [4.78, 5) is 48.0. The molecular formula is C25H21N3O6. The van der Waals surface area contributed by atoms with E-state index in [0.717, 1.165) is 0 Å². The van der Waals surface area contributed by atoms with E-state index in [1.54, 1.807) is 60.7 Å². The van der Waals surface area contributed by atoms with Crippen molar-refractivity contribution >= 4 is 29.5 Å². The number of nitrogens with one attached hydrogen (secondary N) is 2. The Balaban J connectivity index is 1.90. The second kappa shape index (κ2) is 11.2. The van der Waals surface area contributed by atoms with Crippen molar-refractivity contribution in [1.82, 2.24) is 10.6 Å². The summed E-state index contributed by atoms with van der Waals surface area (Å²) in [6.45, 7) is 0. The fraction of sp³-hybridized carbons (Fsp3) is 0.0800. The number of nitrogens with zero attached hydrogens (tertiary/aromatic N) is 1. The van der Waals surface area contributed by atoms with Gasteiger partial charge in [0.15, 0.2) is 0 Å². The van der Waals surface area contributed by atoms with Gasteiger partial charge in [-0.3, -0.25) is 19.7 Å². The Bertz CT molecular complexity index is 1230. The largest absolute Gasteiger partial charge is 0.480 e. The highest BCUT2D eigenvalue weighted by Crippen LogP contribution is 2.16. The highest BCUT2D eigenvalue weighted by Gasteiger charge is 2.23. The highest BCUT2D eigenvalue weighted by atomic mass is 16.6. The van der Waals surface area contributed by atoms with E-state index in [1.165, 1.54) is 30.3 Å². The molecule has 0 heterocycles. The Labute approximate surface area is 194 Å². The molecular weight excluding hydrogens is 438 g/mol. The molecule has 9 heteroatoms. The molecule has 0 aliphatic heterocycles. The zero-order chi connectivity index (χ0) is 24.5. The van der Waals surface area contributed by atoms with Crippen LogP contribution in [-0.2, 0) is 16.0 Å². The first-order valence-electron chi connectivity index (χ1n) is 10.2. The monoisotopic (exact) mass is 459 g/mol. The average molecular weight is 459 g/mol. The van der Waals surface area contributed by atoms with E-state index >= 15 is 0 Å². The van der Waals surface area contributed by atoms with Gasteiger partial charge >= 0.3 is 5.97 Å². The number of hydrogen-bond acceptors (Lipinski definition) is 5. The van der Waals surface area contributed by atoms with Gasteiger partial charge in [-0.2, -0.15) is 0 Å².